The van der Waals surface area contributed by atoms with Crippen LogP contribution in [0.4, 0.5) is 0 Å². The number of aromatic nitrogens is 1. The maximum absolute atomic E-state index is 5.76. The minimum absolute atomic E-state index is 0.555. The van der Waals surface area contributed by atoms with Gasteiger partial charge in [0.05, 0.1) is 6.61 Å². The topological polar surface area (TPSA) is 34.1 Å². The van der Waals surface area contributed by atoms with Crippen LogP contribution in [-0.4, -0.2) is 24.7 Å². The number of nitrogens with one attached hydrogen (secondary N) is 1. The quantitative estimate of drug-likeness (QED) is 0.808. The third-order valence-electron chi connectivity index (χ3n) is 3.64. The van der Waals surface area contributed by atoms with E-state index in [2.05, 4.69) is 41.5 Å². The fraction of sp³-hybridized carbons (Fsp3) is 0.389. The molecule has 2 aromatic rings. The Kier molecular flexibility index (Phi) is 6.22. The standard InChI is InChI=1S/C18H24N2O/c1-15(19-2)6-7-16-8-10-18(11-9-16)21-14-12-17-5-3-4-13-20-17/h3-5,8-11,13,15,19H,6-7,12,14H2,1-2H3. The van der Waals surface area contributed by atoms with Crippen LogP contribution in [0, 0.1) is 0 Å². The highest BCUT2D eigenvalue weighted by molar-refractivity contribution is 5.27. The van der Waals surface area contributed by atoms with E-state index in [9.17, 15) is 0 Å². The summed E-state index contributed by atoms with van der Waals surface area (Å²) in [5.74, 6) is 0.927. The Labute approximate surface area is 127 Å². The van der Waals surface area contributed by atoms with Crippen LogP contribution in [-0.2, 0) is 12.8 Å². The molecule has 1 aromatic heterocycles. The first kappa shape index (κ1) is 15.5. The van der Waals surface area contributed by atoms with Crippen LogP contribution in [0.15, 0.2) is 48.7 Å². The summed E-state index contributed by atoms with van der Waals surface area (Å²) in [6.45, 7) is 2.86. The monoisotopic (exact) mass is 284 g/mol. The first-order valence-corrected chi connectivity index (χ1v) is 7.57. The zero-order chi connectivity index (χ0) is 14.9. The van der Waals surface area contributed by atoms with E-state index in [1.54, 1.807) is 0 Å². The van der Waals surface area contributed by atoms with E-state index in [-0.39, 0.29) is 0 Å². The molecule has 0 fully saturated rings. The molecule has 0 radical (unpaired) electrons. The summed E-state index contributed by atoms with van der Waals surface area (Å²) in [6.07, 6.45) is 4.89. The molecule has 1 unspecified atom stereocenters. The minimum atomic E-state index is 0.555. The highest BCUT2D eigenvalue weighted by Crippen LogP contribution is 2.14. The number of benzene rings is 1. The molecular weight excluding hydrogens is 260 g/mol. The van der Waals surface area contributed by atoms with Gasteiger partial charge in [-0.15, -0.1) is 0 Å². The van der Waals surface area contributed by atoms with Crippen LogP contribution in [0.2, 0.25) is 0 Å². The van der Waals surface area contributed by atoms with Gasteiger partial charge in [-0.1, -0.05) is 18.2 Å². The Hall–Kier alpha value is -1.87. The lowest BCUT2D eigenvalue weighted by Crippen LogP contribution is -2.21. The molecule has 0 aliphatic rings. The number of aryl methyl sites for hydroxylation is 1. The van der Waals surface area contributed by atoms with Crippen molar-refractivity contribution in [1.29, 1.82) is 0 Å². The zero-order valence-electron chi connectivity index (χ0n) is 12.9. The fourth-order valence-corrected chi connectivity index (χ4v) is 2.10. The lowest BCUT2D eigenvalue weighted by Gasteiger charge is -2.10. The van der Waals surface area contributed by atoms with Gasteiger partial charge < -0.3 is 10.1 Å². The molecule has 0 saturated carbocycles. The van der Waals surface area contributed by atoms with Gasteiger partial charge in [-0.2, -0.15) is 0 Å². The Morgan fingerprint density at radius 2 is 1.90 bits per heavy atom. The van der Waals surface area contributed by atoms with Crippen LogP contribution < -0.4 is 10.1 Å². The zero-order valence-corrected chi connectivity index (χ0v) is 12.9. The van der Waals surface area contributed by atoms with E-state index in [4.69, 9.17) is 4.74 Å². The number of hydrogen-bond donors (Lipinski definition) is 1. The van der Waals surface area contributed by atoms with Crippen molar-refractivity contribution >= 4 is 0 Å². The smallest absolute Gasteiger partial charge is 0.119 e. The molecule has 0 amide bonds. The average Bonchev–Trinajstić information content (AvgIpc) is 2.55. The molecule has 1 atom stereocenters. The molecule has 21 heavy (non-hydrogen) atoms. The molecular formula is C18H24N2O. The number of hydrogen-bond acceptors (Lipinski definition) is 3. The molecule has 0 aliphatic heterocycles. The van der Waals surface area contributed by atoms with Crippen molar-refractivity contribution in [2.75, 3.05) is 13.7 Å². The predicted molar refractivity (Wildman–Crippen MR) is 86.7 cm³/mol. The summed E-state index contributed by atoms with van der Waals surface area (Å²) in [4.78, 5) is 4.29. The van der Waals surface area contributed by atoms with Gasteiger partial charge in [-0.3, -0.25) is 4.98 Å². The molecule has 3 nitrogen and oxygen atoms in total. The van der Waals surface area contributed by atoms with Crippen LogP contribution in [0.3, 0.4) is 0 Å². The van der Waals surface area contributed by atoms with Gasteiger partial charge in [-0.05, 0) is 56.6 Å². The largest absolute Gasteiger partial charge is 0.493 e. The van der Waals surface area contributed by atoms with Gasteiger partial charge in [0.1, 0.15) is 5.75 Å². The van der Waals surface area contributed by atoms with Gasteiger partial charge in [0, 0.05) is 24.4 Å². The van der Waals surface area contributed by atoms with Crippen molar-refractivity contribution in [3.8, 4) is 5.75 Å². The number of pyridine rings is 1. The van der Waals surface area contributed by atoms with Crippen molar-refractivity contribution < 1.29 is 4.74 Å². The highest BCUT2D eigenvalue weighted by Gasteiger charge is 2.01. The van der Waals surface area contributed by atoms with E-state index in [1.165, 1.54) is 5.56 Å². The van der Waals surface area contributed by atoms with E-state index in [0.717, 1.165) is 30.7 Å². The second-order valence-corrected chi connectivity index (χ2v) is 5.29. The maximum Gasteiger partial charge on any atom is 0.119 e. The Bertz CT molecular complexity index is 511. The van der Waals surface area contributed by atoms with Gasteiger partial charge in [0.2, 0.25) is 0 Å². The van der Waals surface area contributed by atoms with E-state index >= 15 is 0 Å². The number of ether oxygens (including phenoxy) is 1. The van der Waals surface area contributed by atoms with Crippen LogP contribution >= 0.6 is 0 Å². The van der Waals surface area contributed by atoms with Gasteiger partial charge in [0.25, 0.3) is 0 Å². The second-order valence-electron chi connectivity index (χ2n) is 5.29. The molecule has 1 aromatic carbocycles. The van der Waals surface area contributed by atoms with E-state index < -0.39 is 0 Å². The Morgan fingerprint density at radius 1 is 1.10 bits per heavy atom. The molecule has 0 aliphatic carbocycles. The third kappa shape index (κ3) is 5.56. The average molecular weight is 284 g/mol. The molecule has 112 valence electrons. The van der Waals surface area contributed by atoms with Gasteiger partial charge in [0.15, 0.2) is 0 Å². The summed E-state index contributed by atoms with van der Waals surface area (Å²) in [5, 5.41) is 3.26. The van der Waals surface area contributed by atoms with E-state index in [1.807, 2.05) is 31.4 Å². The third-order valence-corrected chi connectivity index (χ3v) is 3.64. The van der Waals surface area contributed by atoms with Gasteiger partial charge in [-0.25, -0.2) is 0 Å². The molecule has 1 heterocycles. The summed E-state index contributed by atoms with van der Waals surface area (Å²) in [7, 11) is 2.00. The number of rotatable bonds is 8. The highest BCUT2D eigenvalue weighted by atomic mass is 16.5. The molecule has 0 bridgehead atoms. The summed E-state index contributed by atoms with van der Waals surface area (Å²) in [6, 6.07) is 14.9. The second kappa shape index (κ2) is 8.42. The Morgan fingerprint density at radius 3 is 2.57 bits per heavy atom. The van der Waals surface area contributed by atoms with Crippen molar-refractivity contribution in [2.24, 2.45) is 0 Å². The van der Waals surface area contributed by atoms with E-state index in [0.29, 0.717) is 12.6 Å². The SMILES string of the molecule is CNC(C)CCc1ccc(OCCc2ccccn2)cc1. The number of nitrogens with zero attached hydrogens (tertiary/aromatic N) is 1. The first-order chi connectivity index (χ1) is 10.3. The summed E-state index contributed by atoms with van der Waals surface area (Å²) >= 11 is 0. The lowest BCUT2D eigenvalue weighted by atomic mass is 10.1. The fourth-order valence-electron chi connectivity index (χ4n) is 2.10. The van der Waals surface area contributed by atoms with Crippen LogP contribution in [0.1, 0.15) is 24.6 Å². The minimum Gasteiger partial charge on any atom is -0.493 e. The summed E-state index contributed by atoms with van der Waals surface area (Å²) in [5.41, 5.74) is 2.42. The van der Waals surface area contributed by atoms with Gasteiger partial charge >= 0.3 is 0 Å². The normalized spacial score (nSPS) is 12.1. The van der Waals surface area contributed by atoms with Crippen molar-refractivity contribution in [3.63, 3.8) is 0 Å². The first-order valence-electron chi connectivity index (χ1n) is 7.57. The summed E-state index contributed by atoms with van der Waals surface area (Å²) < 4.78 is 5.76. The van der Waals surface area contributed by atoms with Crippen LogP contribution in [0.25, 0.3) is 0 Å². The van der Waals surface area contributed by atoms with Crippen molar-refractivity contribution in [3.05, 3.63) is 59.9 Å². The lowest BCUT2D eigenvalue weighted by molar-refractivity contribution is 0.320. The Balaban J connectivity index is 1.74. The molecule has 3 heteroatoms. The van der Waals surface area contributed by atoms with Crippen molar-refractivity contribution in [2.45, 2.75) is 32.2 Å². The molecule has 0 spiro atoms. The van der Waals surface area contributed by atoms with Crippen molar-refractivity contribution in [1.82, 2.24) is 10.3 Å². The maximum atomic E-state index is 5.76. The predicted octanol–water partition coefficient (Wildman–Crippen LogP) is 3.24. The molecule has 2 rings (SSSR count). The molecule has 1 N–H and O–H groups in total. The van der Waals surface area contributed by atoms with Crippen LogP contribution in [0.5, 0.6) is 5.75 Å². The molecule has 0 saturated heterocycles.